The lowest BCUT2D eigenvalue weighted by Gasteiger charge is -2.06. The molecule has 13 heteroatoms. The standard InChI is InChI=1S/C11H16.C8H10O.C5H5NO4.C2H3F3O3S.C2H6/c1-3-4-5-11-8-6-10(2)7-9-11;1-7-3-5-8(9-2)6-4-7;7-3-10-6-4(8)1-2-5(6)9;1-8-9(6,7)2(3,4)5;1-2/h6-9H,3-5H2,1-2H3;3-6H,1-2H3;3H,1-2H2;1H3;1-2H3. The molecule has 0 radical (unpaired) electrons. The van der Waals surface area contributed by atoms with E-state index in [1.54, 1.807) is 7.11 Å². The number of unbranched alkanes of at least 4 members (excludes halogenated alkanes) is 1. The molecule has 9 nitrogen and oxygen atoms in total. The van der Waals surface area contributed by atoms with Crippen molar-refractivity contribution in [2.75, 3.05) is 14.2 Å². The Bertz CT molecular complexity index is 1100. The van der Waals surface area contributed by atoms with Crippen LogP contribution in [0.5, 0.6) is 5.75 Å². The van der Waals surface area contributed by atoms with Crippen LogP contribution in [0.25, 0.3) is 0 Å². The summed E-state index contributed by atoms with van der Waals surface area (Å²) in [5.41, 5.74) is -1.22. The number of carbonyl (C=O) groups is 3. The molecule has 1 saturated heterocycles. The molecule has 0 unspecified atom stereocenters. The molecule has 1 heterocycles. The molecule has 1 aliphatic rings. The fourth-order valence-corrected chi connectivity index (χ4v) is 2.81. The Morgan fingerprint density at radius 2 is 1.32 bits per heavy atom. The molecule has 0 aromatic heterocycles. The third kappa shape index (κ3) is 17.1. The van der Waals surface area contributed by atoms with Crippen LogP contribution < -0.4 is 4.74 Å². The molecule has 2 aromatic rings. The van der Waals surface area contributed by atoms with E-state index in [0.29, 0.717) is 12.2 Å². The smallest absolute Gasteiger partial charge is 0.497 e. The Hall–Kier alpha value is -3.45. The van der Waals surface area contributed by atoms with Gasteiger partial charge in [0.05, 0.1) is 14.2 Å². The molecule has 0 N–H and O–H groups in total. The van der Waals surface area contributed by atoms with E-state index in [0.717, 1.165) is 5.75 Å². The lowest BCUT2D eigenvalue weighted by molar-refractivity contribution is -0.188. The second-order valence-electron chi connectivity index (χ2n) is 7.96. The number of halogens is 3. The lowest BCUT2D eigenvalue weighted by Crippen LogP contribution is -2.28. The number of hydrogen-bond donors (Lipinski definition) is 0. The van der Waals surface area contributed by atoms with Crippen molar-refractivity contribution in [1.29, 1.82) is 0 Å². The molecule has 1 aliphatic heterocycles. The van der Waals surface area contributed by atoms with Gasteiger partial charge in [0.2, 0.25) is 0 Å². The number of amides is 2. The number of carbonyl (C=O) groups excluding carboxylic acids is 3. The van der Waals surface area contributed by atoms with E-state index in [2.05, 4.69) is 54.1 Å². The molecule has 0 spiro atoms. The van der Waals surface area contributed by atoms with Crippen LogP contribution in [0.3, 0.4) is 0 Å². The number of hydrogen-bond acceptors (Lipinski definition) is 8. The van der Waals surface area contributed by atoms with Gasteiger partial charge in [0.25, 0.3) is 11.8 Å². The number of benzene rings is 2. The first kappa shape index (κ1) is 39.7. The van der Waals surface area contributed by atoms with E-state index in [4.69, 9.17) is 4.74 Å². The molecule has 0 bridgehead atoms. The average Bonchev–Trinajstić information content (AvgIpc) is 3.27. The first-order chi connectivity index (χ1) is 19.2. The molecule has 0 atom stereocenters. The third-order valence-electron chi connectivity index (χ3n) is 4.85. The fraction of sp³-hybridized carbons (Fsp3) is 0.464. The van der Waals surface area contributed by atoms with Crippen molar-refractivity contribution >= 4 is 28.4 Å². The maximum Gasteiger partial charge on any atom is 0.523 e. The molecule has 0 saturated carbocycles. The summed E-state index contributed by atoms with van der Waals surface area (Å²) >= 11 is 0. The van der Waals surface area contributed by atoms with Gasteiger partial charge in [-0.1, -0.05) is 74.7 Å². The summed E-state index contributed by atoms with van der Waals surface area (Å²) in [5, 5.41) is 0.479. The highest BCUT2D eigenvalue weighted by Gasteiger charge is 2.46. The second kappa shape index (κ2) is 21.3. The van der Waals surface area contributed by atoms with Crippen LogP contribution in [0.2, 0.25) is 0 Å². The summed E-state index contributed by atoms with van der Waals surface area (Å²) in [6, 6.07) is 16.8. The molecule has 2 amide bonds. The van der Waals surface area contributed by atoms with Crippen molar-refractivity contribution in [3.63, 3.8) is 0 Å². The Labute approximate surface area is 240 Å². The van der Waals surface area contributed by atoms with Gasteiger partial charge in [-0.05, 0) is 44.4 Å². The van der Waals surface area contributed by atoms with Crippen molar-refractivity contribution in [1.82, 2.24) is 5.06 Å². The monoisotopic (exact) mass is 607 g/mol. The Morgan fingerprint density at radius 3 is 1.63 bits per heavy atom. The van der Waals surface area contributed by atoms with Crippen LogP contribution in [0.4, 0.5) is 13.2 Å². The first-order valence-corrected chi connectivity index (χ1v) is 14.1. The topological polar surface area (TPSA) is 116 Å². The van der Waals surface area contributed by atoms with Crippen LogP contribution in [0.1, 0.15) is 63.1 Å². The van der Waals surface area contributed by atoms with E-state index in [1.165, 1.54) is 36.0 Å². The summed E-state index contributed by atoms with van der Waals surface area (Å²) < 4.78 is 60.8. The molecule has 41 heavy (non-hydrogen) atoms. The van der Waals surface area contributed by atoms with Crippen LogP contribution >= 0.6 is 0 Å². The highest BCUT2D eigenvalue weighted by molar-refractivity contribution is 7.87. The molecule has 0 aliphatic carbocycles. The van der Waals surface area contributed by atoms with Crippen LogP contribution in [0, 0.1) is 13.8 Å². The van der Waals surface area contributed by atoms with E-state index in [9.17, 15) is 36.0 Å². The Kier molecular flexibility index (Phi) is 20.6. The maximum atomic E-state index is 11.1. The highest BCUT2D eigenvalue weighted by atomic mass is 32.2. The number of alkyl halides is 3. The van der Waals surface area contributed by atoms with Crippen molar-refractivity contribution in [2.45, 2.75) is 72.2 Å². The van der Waals surface area contributed by atoms with Gasteiger partial charge in [0, 0.05) is 12.8 Å². The maximum absolute atomic E-state index is 11.1. The van der Waals surface area contributed by atoms with E-state index in [-0.39, 0.29) is 19.3 Å². The number of aryl methyl sites for hydroxylation is 3. The third-order valence-corrected chi connectivity index (χ3v) is 5.86. The SMILES string of the molecule is CC.CCCCc1ccc(C)cc1.COS(=O)(=O)C(F)(F)F.COc1ccc(C)cc1.O=CON1C(=O)CCC1=O. The summed E-state index contributed by atoms with van der Waals surface area (Å²) in [7, 11) is -3.22. The van der Waals surface area contributed by atoms with Crippen molar-refractivity contribution in [2.24, 2.45) is 0 Å². The minimum atomic E-state index is -5.34. The van der Waals surface area contributed by atoms with E-state index >= 15 is 0 Å². The lowest BCUT2D eigenvalue weighted by atomic mass is 10.1. The van der Waals surface area contributed by atoms with Crippen LogP contribution in [0.15, 0.2) is 48.5 Å². The summed E-state index contributed by atoms with van der Waals surface area (Å²) in [4.78, 5) is 35.0. The van der Waals surface area contributed by atoms with Crippen molar-refractivity contribution in [3.8, 4) is 5.75 Å². The minimum absolute atomic E-state index is 0.0567. The molecular formula is C28H40F3NO8S. The highest BCUT2D eigenvalue weighted by Crippen LogP contribution is 2.23. The minimum Gasteiger partial charge on any atom is -0.497 e. The van der Waals surface area contributed by atoms with Gasteiger partial charge in [-0.3, -0.25) is 18.6 Å². The summed E-state index contributed by atoms with van der Waals surface area (Å²) in [6.45, 7) is 10.5. The number of nitrogens with zero attached hydrogens (tertiary/aromatic N) is 1. The molecule has 1 fully saturated rings. The number of imide groups is 1. The van der Waals surface area contributed by atoms with E-state index in [1.807, 2.05) is 38.1 Å². The van der Waals surface area contributed by atoms with Gasteiger partial charge >= 0.3 is 22.1 Å². The van der Waals surface area contributed by atoms with Gasteiger partial charge in [-0.2, -0.15) is 21.6 Å². The second-order valence-corrected chi connectivity index (χ2v) is 9.66. The fourth-order valence-electron chi connectivity index (χ4n) is 2.62. The average molecular weight is 608 g/mol. The number of hydroxylamine groups is 2. The zero-order chi connectivity index (χ0) is 32.1. The van der Waals surface area contributed by atoms with Crippen LogP contribution in [-0.4, -0.2) is 51.5 Å². The van der Waals surface area contributed by atoms with Gasteiger partial charge in [-0.25, -0.2) is 0 Å². The van der Waals surface area contributed by atoms with Crippen molar-refractivity contribution in [3.05, 3.63) is 65.2 Å². The zero-order valence-electron chi connectivity index (χ0n) is 24.5. The molecule has 232 valence electrons. The number of methoxy groups -OCH3 is 1. The molecule has 3 rings (SSSR count). The normalized spacial score (nSPS) is 12.2. The predicted molar refractivity (Wildman–Crippen MR) is 149 cm³/mol. The van der Waals surface area contributed by atoms with Gasteiger partial charge < -0.3 is 9.57 Å². The Balaban J connectivity index is 0. The first-order valence-electron chi connectivity index (χ1n) is 12.7. The van der Waals surface area contributed by atoms with Gasteiger partial charge in [0.1, 0.15) is 5.75 Å². The Morgan fingerprint density at radius 1 is 0.878 bits per heavy atom. The molecule has 2 aromatic carbocycles. The summed E-state index contributed by atoms with van der Waals surface area (Å²) in [6.07, 6.45) is 4.09. The largest absolute Gasteiger partial charge is 0.523 e. The van der Waals surface area contributed by atoms with Crippen LogP contribution in [-0.2, 0) is 39.9 Å². The molecular weight excluding hydrogens is 567 g/mol. The van der Waals surface area contributed by atoms with Gasteiger partial charge in [-0.15, -0.1) is 5.06 Å². The number of rotatable bonds is 7. The zero-order valence-corrected chi connectivity index (χ0v) is 25.3. The van der Waals surface area contributed by atoms with Crippen molar-refractivity contribution < 1.29 is 49.7 Å². The quantitative estimate of drug-likeness (QED) is 0.161. The van der Waals surface area contributed by atoms with E-state index < -0.39 is 27.4 Å². The summed E-state index contributed by atoms with van der Waals surface area (Å²) in [5.74, 6) is -0.00481. The number of ether oxygens (including phenoxy) is 1. The predicted octanol–water partition coefficient (Wildman–Crippen LogP) is 6.07. The van der Waals surface area contributed by atoms with Gasteiger partial charge in [0.15, 0.2) is 0 Å².